The summed E-state index contributed by atoms with van der Waals surface area (Å²) < 4.78 is 0. The molecule has 2 N–H and O–H groups in total. The predicted octanol–water partition coefficient (Wildman–Crippen LogP) is 2.05. The average molecular weight is 204 g/mol. The van der Waals surface area contributed by atoms with E-state index in [1.807, 2.05) is 25.1 Å². The molecular formula is C12H16N2O. The van der Waals surface area contributed by atoms with Crippen molar-refractivity contribution in [2.24, 2.45) is 0 Å². The van der Waals surface area contributed by atoms with E-state index in [1.54, 1.807) is 13.8 Å². The van der Waals surface area contributed by atoms with Gasteiger partial charge in [-0.2, -0.15) is 5.26 Å². The molecule has 1 aromatic rings. The molecule has 0 aliphatic rings. The maximum absolute atomic E-state index is 9.55. The van der Waals surface area contributed by atoms with Crippen molar-refractivity contribution in [1.82, 2.24) is 0 Å². The summed E-state index contributed by atoms with van der Waals surface area (Å²) in [7, 11) is 0. The lowest BCUT2D eigenvalue weighted by Gasteiger charge is -2.19. The summed E-state index contributed by atoms with van der Waals surface area (Å²) in [6, 6.07) is 7.75. The van der Waals surface area contributed by atoms with Crippen molar-refractivity contribution in [2.45, 2.75) is 26.4 Å². The van der Waals surface area contributed by atoms with E-state index in [1.165, 1.54) is 0 Å². The van der Waals surface area contributed by atoms with Crippen molar-refractivity contribution in [1.29, 1.82) is 5.26 Å². The van der Waals surface area contributed by atoms with Gasteiger partial charge in [0.2, 0.25) is 0 Å². The fourth-order valence-electron chi connectivity index (χ4n) is 1.22. The summed E-state index contributed by atoms with van der Waals surface area (Å²) in [4.78, 5) is 0. The van der Waals surface area contributed by atoms with Crippen LogP contribution >= 0.6 is 0 Å². The molecule has 0 heterocycles. The van der Waals surface area contributed by atoms with Crippen LogP contribution in [-0.2, 0) is 0 Å². The Morgan fingerprint density at radius 2 is 2.13 bits per heavy atom. The molecular weight excluding hydrogens is 188 g/mol. The van der Waals surface area contributed by atoms with Crippen LogP contribution in [0.4, 0.5) is 5.69 Å². The third kappa shape index (κ3) is 3.61. The lowest BCUT2D eigenvalue weighted by Crippen LogP contribution is -2.29. The van der Waals surface area contributed by atoms with Crippen LogP contribution in [0.2, 0.25) is 0 Å². The van der Waals surface area contributed by atoms with Gasteiger partial charge < -0.3 is 10.4 Å². The second-order valence-corrected chi connectivity index (χ2v) is 4.33. The minimum atomic E-state index is -0.780. The summed E-state index contributed by atoms with van der Waals surface area (Å²) in [5, 5.41) is 21.5. The quantitative estimate of drug-likeness (QED) is 0.792. The number of rotatable bonds is 3. The SMILES string of the molecule is Cc1ccc(NCC(C)(C)O)c(C#N)c1. The highest BCUT2D eigenvalue weighted by Crippen LogP contribution is 2.17. The van der Waals surface area contributed by atoms with E-state index in [-0.39, 0.29) is 0 Å². The number of nitriles is 1. The molecule has 3 heteroatoms. The van der Waals surface area contributed by atoms with Crippen molar-refractivity contribution in [3.8, 4) is 6.07 Å². The second kappa shape index (κ2) is 4.33. The molecule has 0 amide bonds. The van der Waals surface area contributed by atoms with E-state index in [9.17, 15) is 5.11 Å². The Morgan fingerprint density at radius 3 is 2.67 bits per heavy atom. The number of benzene rings is 1. The lowest BCUT2D eigenvalue weighted by atomic mass is 10.1. The highest BCUT2D eigenvalue weighted by Gasteiger charge is 2.12. The number of hydrogen-bond acceptors (Lipinski definition) is 3. The Bertz CT molecular complexity index is 386. The topological polar surface area (TPSA) is 56.0 Å². The van der Waals surface area contributed by atoms with Crippen LogP contribution in [-0.4, -0.2) is 17.3 Å². The van der Waals surface area contributed by atoms with E-state index in [0.717, 1.165) is 11.3 Å². The van der Waals surface area contributed by atoms with Gasteiger partial charge in [-0.15, -0.1) is 0 Å². The summed E-state index contributed by atoms with van der Waals surface area (Å²) in [6.07, 6.45) is 0. The van der Waals surface area contributed by atoms with Crippen LogP contribution in [0.15, 0.2) is 18.2 Å². The summed E-state index contributed by atoms with van der Waals surface area (Å²) in [6.45, 7) is 5.81. The Balaban J connectivity index is 2.82. The molecule has 0 aliphatic carbocycles. The Morgan fingerprint density at radius 1 is 1.47 bits per heavy atom. The first kappa shape index (κ1) is 11.5. The smallest absolute Gasteiger partial charge is 0.101 e. The molecule has 0 aliphatic heterocycles. The maximum atomic E-state index is 9.55. The molecule has 0 radical (unpaired) electrons. The third-order valence-corrected chi connectivity index (χ3v) is 2.01. The van der Waals surface area contributed by atoms with E-state index in [4.69, 9.17) is 5.26 Å². The van der Waals surface area contributed by atoms with Crippen LogP contribution in [0.25, 0.3) is 0 Å². The van der Waals surface area contributed by atoms with E-state index in [0.29, 0.717) is 12.1 Å². The zero-order valence-corrected chi connectivity index (χ0v) is 9.33. The number of nitrogens with one attached hydrogen (secondary N) is 1. The highest BCUT2D eigenvalue weighted by atomic mass is 16.3. The largest absolute Gasteiger partial charge is 0.389 e. The molecule has 1 rings (SSSR count). The van der Waals surface area contributed by atoms with Gasteiger partial charge in [-0.3, -0.25) is 0 Å². The number of aryl methyl sites for hydroxylation is 1. The van der Waals surface area contributed by atoms with Crippen molar-refractivity contribution in [3.05, 3.63) is 29.3 Å². The monoisotopic (exact) mass is 204 g/mol. The van der Waals surface area contributed by atoms with Gasteiger partial charge in [0.25, 0.3) is 0 Å². The number of anilines is 1. The molecule has 0 saturated carbocycles. The predicted molar refractivity (Wildman–Crippen MR) is 60.7 cm³/mol. The van der Waals surface area contributed by atoms with Gasteiger partial charge in [-0.25, -0.2) is 0 Å². The standard InChI is InChI=1S/C12H16N2O/c1-9-4-5-11(10(6-9)7-13)14-8-12(2,3)15/h4-6,14-15H,8H2,1-3H3. The van der Waals surface area contributed by atoms with Crippen LogP contribution < -0.4 is 5.32 Å². The molecule has 3 nitrogen and oxygen atoms in total. The van der Waals surface area contributed by atoms with E-state index >= 15 is 0 Å². The molecule has 80 valence electrons. The highest BCUT2D eigenvalue weighted by molar-refractivity contribution is 5.58. The van der Waals surface area contributed by atoms with Gasteiger partial charge in [0, 0.05) is 6.54 Å². The van der Waals surface area contributed by atoms with Crippen LogP contribution in [0.3, 0.4) is 0 Å². The number of aliphatic hydroxyl groups is 1. The number of nitrogens with zero attached hydrogens (tertiary/aromatic N) is 1. The molecule has 0 atom stereocenters. The summed E-state index contributed by atoms with van der Waals surface area (Å²) in [5.41, 5.74) is 1.65. The van der Waals surface area contributed by atoms with Gasteiger partial charge in [0.05, 0.1) is 16.9 Å². The summed E-state index contributed by atoms with van der Waals surface area (Å²) >= 11 is 0. The van der Waals surface area contributed by atoms with Crippen LogP contribution in [0, 0.1) is 18.3 Å². The first-order valence-corrected chi connectivity index (χ1v) is 4.89. The molecule has 0 fully saturated rings. The third-order valence-electron chi connectivity index (χ3n) is 2.01. The molecule has 0 aromatic heterocycles. The van der Waals surface area contributed by atoms with Crippen LogP contribution in [0.5, 0.6) is 0 Å². The zero-order chi connectivity index (χ0) is 11.5. The number of hydrogen-bond donors (Lipinski definition) is 2. The molecule has 15 heavy (non-hydrogen) atoms. The van der Waals surface area contributed by atoms with Gasteiger partial charge in [-0.1, -0.05) is 6.07 Å². The Kier molecular flexibility index (Phi) is 3.33. The molecule has 0 spiro atoms. The Labute approximate surface area is 90.4 Å². The van der Waals surface area contributed by atoms with Gasteiger partial charge >= 0.3 is 0 Å². The van der Waals surface area contributed by atoms with Crippen molar-refractivity contribution < 1.29 is 5.11 Å². The second-order valence-electron chi connectivity index (χ2n) is 4.33. The lowest BCUT2D eigenvalue weighted by molar-refractivity contribution is 0.0945. The van der Waals surface area contributed by atoms with Gasteiger partial charge in [0.1, 0.15) is 6.07 Å². The summed E-state index contributed by atoms with van der Waals surface area (Å²) in [5.74, 6) is 0. The fraction of sp³-hybridized carbons (Fsp3) is 0.417. The first-order chi connectivity index (χ1) is 6.92. The molecule has 0 bridgehead atoms. The van der Waals surface area contributed by atoms with Crippen LogP contribution in [0.1, 0.15) is 25.0 Å². The van der Waals surface area contributed by atoms with Gasteiger partial charge in [0.15, 0.2) is 0 Å². The minimum Gasteiger partial charge on any atom is -0.389 e. The first-order valence-electron chi connectivity index (χ1n) is 4.89. The minimum absolute atomic E-state index is 0.421. The van der Waals surface area contributed by atoms with Gasteiger partial charge in [-0.05, 0) is 38.5 Å². The fourth-order valence-corrected chi connectivity index (χ4v) is 1.22. The zero-order valence-electron chi connectivity index (χ0n) is 9.33. The average Bonchev–Trinajstić information content (AvgIpc) is 2.14. The molecule has 1 aromatic carbocycles. The van der Waals surface area contributed by atoms with Crippen molar-refractivity contribution >= 4 is 5.69 Å². The maximum Gasteiger partial charge on any atom is 0.101 e. The van der Waals surface area contributed by atoms with E-state index < -0.39 is 5.60 Å². The molecule has 0 saturated heterocycles. The van der Waals surface area contributed by atoms with E-state index in [2.05, 4.69) is 11.4 Å². The normalized spacial score (nSPS) is 10.9. The van der Waals surface area contributed by atoms with Crippen molar-refractivity contribution in [2.75, 3.05) is 11.9 Å². The van der Waals surface area contributed by atoms with Crippen molar-refractivity contribution in [3.63, 3.8) is 0 Å². The molecule has 0 unspecified atom stereocenters. The Hall–Kier alpha value is -1.53.